The Bertz CT molecular complexity index is 1160. The Morgan fingerprint density at radius 2 is 1.75 bits per heavy atom. The molecule has 7 nitrogen and oxygen atoms in total. The number of amides is 3. The molecule has 190 valence electrons. The van der Waals surface area contributed by atoms with Gasteiger partial charge in [0.05, 0.1) is 17.8 Å². The zero-order valence-corrected chi connectivity index (χ0v) is 19.7. The van der Waals surface area contributed by atoms with Crippen molar-refractivity contribution < 1.29 is 27.6 Å². The quantitative estimate of drug-likeness (QED) is 0.581. The highest BCUT2D eigenvalue weighted by molar-refractivity contribution is 6.20. The average molecular weight is 501 g/mol. The molecule has 0 radical (unpaired) electrons. The van der Waals surface area contributed by atoms with E-state index in [9.17, 15) is 27.6 Å². The number of para-hydroxylation sites is 1. The van der Waals surface area contributed by atoms with Gasteiger partial charge in [-0.05, 0) is 31.7 Å². The molecule has 2 N–H and O–H groups in total. The summed E-state index contributed by atoms with van der Waals surface area (Å²) in [5.41, 5.74) is 2.74. The summed E-state index contributed by atoms with van der Waals surface area (Å²) in [4.78, 5) is 44.7. The number of hydrogen-bond donors (Lipinski definition) is 2. The Kier molecular flexibility index (Phi) is 7.42. The second kappa shape index (κ2) is 10.5. The van der Waals surface area contributed by atoms with E-state index in [1.165, 1.54) is 6.92 Å². The van der Waals surface area contributed by atoms with Crippen molar-refractivity contribution in [1.29, 1.82) is 0 Å². The van der Waals surface area contributed by atoms with Crippen molar-refractivity contribution in [3.63, 3.8) is 0 Å². The van der Waals surface area contributed by atoms with Gasteiger partial charge in [-0.15, -0.1) is 0 Å². The van der Waals surface area contributed by atoms with E-state index in [1.807, 2.05) is 54.6 Å². The van der Waals surface area contributed by atoms with Crippen molar-refractivity contribution in [3.8, 4) is 0 Å². The minimum atomic E-state index is -4.47. The number of anilines is 1. The first-order chi connectivity index (χ1) is 17.1. The summed E-state index contributed by atoms with van der Waals surface area (Å²) in [6.07, 6.45) is -5.80. The van der Waals surface area contributed by atoms with Gasteiger partial charge in [-0.3, -0.25) is 14.4 Å². The van der Waals surface area contributed by atoms with E-state index in [-0.39, 0.29) is 0 Å². The number of nitrogens with zero attached hydrogens (tertiary/aromatic N) is 2. The van der Waals surface area contributed by atoms with E-state index in [0.29, 0.717) is 23.9 Å². The van der Waals surface area contributed by atoms with E-state index in [2.05, 4.69) is 15.6 Å². The van der Waals surface area contributed by atoms with Crippen LogP contribution in [-0.2, 0) is 14.4 Å². The summed E-state index contributed by atoms with van der Waals surface area (Å²) >= 11 is 0. The van der Waals surface area contributed by atoms with Gasteiger partial charge in [-0.2, -0.15) is 13.2 Å². The fourth-order valence-corrected chi connectivity index (χ4v) is 3.99. The van der Waals surface area contributed by atoms with Gasteiger partial charge in [0.2, 0.25) is 18.0 Å². The minimum absolute atomic E-state index is 0.364. The molecule has 0 saturated heterocycles. The molecule has 2 aromatic rings. The normalized spacial score (nSPS) is 18.6. The maximum absolute atomic E-state index is 13.6. The molecule has 4 rings (SSSR count). The number of nitrogens with one attached hydrogen (secondary N) is 2. The molecule has 1 saturated carbocycles. The van der Waals surface area contributed by atoms with Gasteiger partial charge in [0.25, 0.3) is 5.91 Å². The van der Waals surface area contributed by atoms with E-state index >= 15 is 0 Å². The fraction of sp³-hybridized carbons (Fsp3) is 0.385. The van der Waals surface area contributed by atoms with Crippen LogP contribution in [0.1, 0.15) is 43.7 Å². The smallest absolute Gasteiger partial charge is 0.345 e. The highest BCUT2D eigenvalue weighted by atomic mass is 19.4. The van der Waals surface area contributed by atoms with E-state index < -0.39 is 48.9 Å². The number of benzene rings is 2. The summed E-state index contributed by atoms with van der Waals surface area (Å²) in [7, 11) is 0. The van der Waals surface area contributed by atoms with Crippen LogP contribution in [0.25, 0.3) is 0 Å². The van der Waals surface area contributed by atoms with E-state index in [1.54, 1.807) is 4.90 Å². The van der Waals surface area contributed by atoms with Crippen LogP contribution in [0, 0.1) is 5.92 Å². The molecule has 0 aromatic heterocycles. The standard InChI is InChI=1S/C26H27F3N4O3/c1-16(30-21(34)13-14-26(27,28)29)24(35)32-23-25(36)33(15-17-11-12-17)20-10-6-5-9-19(20)22(31-23)18-7-3-2-4-8-18/h2-10,16-17,23H,11-15H2,1H3,(H,30,34)(H,32,35)/t16-,23?/m0/s1. The molecule has 2 aromatic carbocycles. The summed E-state index contributed by atoms with van der Waals surface area (Å²) in [5.74, 6) is -1.67. The molecule has 1 heterocycles. The molecule has 1 aliphatic carbocycles. The number of hydrogen-bond acceptors (Lipinski definition) is 4. The molecule has 1 unspecified atom stereocenters. The van der Waals surface area contributed by atoms with Gasteiger partial charge in [0.1, 0.15) is 6.04 Å². The third-order valence-corrected chi connectivity index (χ3v) is 6.08. The van der Waals surface area contributed by atoms with Crippen LogP contribution < -0.4 is 15.5 Å². The monoisotopic (exact) mass is 500 g/mol. The lowest BCUT2D eigenvalue weighted by molar-refractivity contribution is -0.144. The maximum atomic E-state index is 13.6. The van der Waals surface area contributed by atoms with Crippen molar-refractivity contribution in [2.24, 2.45) is 10.9 Å². The summed E-state index contributed by atoms with van der Waals surface area (Å²) in [6.45, 7) is 1.84. The van der Waals surface area contributed by atoms with E-state index in [0.717, 1.165) is 24.0 Å². The van der Waals surface area contributed by atoms with Gasteiger partial charge in [-0.25, -0.2) is 4.99 Å². The SMILES string of the molecule is C[C@H](NC(=O)CCC(F)(F)F)C(=O)NC1N=C(c2ccccc2)c2ccccc2N(CC2CC2)C1=O. The number of aliphatic imine (C=N–C) groups is 1. The van der Waals surface area contributed by atoms with Crippen molar-refractivity contribution in [2.45, 2.75) is 51.0 Å². The van der Waals surface area contributed by atoms with Crippen LogP contribution in [0.4, 0.5) is 18.9 Å². The van der Waals surface area contributed by atoms with Gasteiger partial charge >= 0.3 is 6.18 Å². The fourth-order valence-electron chi connectivity index (χ4n) is 3.99. The lowest BCUT2D eigenvalue weighted by Crippen LogP contribution is -2.53. The lowest BCUT2D eigenvalue weighted by atomic mass is 10.00. The predicted molar refractivity (Wildman–Crippen MR) is 128 cm³/mol. The maximum Gasteiger partial charge on any atom is 0.389 e. The number of halogens is 3. The molecule has 2 aliphatic rings. The molecule has 1 fully saturated rings. The zero-order valence-electron chi connectivity index (χ0n) is 19.7. The first-order valence-electron chi connectivity index (χ1n) is 11.8. The predicted octanol–water partition coefficient (Wildman–Crippen LogP) is 3.57. The second-order valence-electron chi connectivity index (χ2n) is 9.07. The van der Waals surface area contributed by atoms with Crippen LogP contribution in [0.2, 0.25) is 0 Å². The minimum Gasteiger partial charge on any atom is -0.345 e. The number of benzodiazepines with no additional fused rings is 1. The Morgan fingerprint density at radius 1 is 1.08 bits per heavy atom. The van der Waals surface area contributed by atoms with Crippen molar-refractivity contribution >= 4 is 29.1 Å². The number of rotatable bonds is 8. The van der Waals surface area contributed by atoms with E-state index in [4.69, 9.17) is 0 Å². The zero-order chi connectivity index (χ0) is 25.9. The third-order valence-electron chi connectivity index (χ3n) is 6.08. The number of carbonyl (C=O) groups is 3. The summed E-state index contributed by atoms with van der Waals surface area (Å²) in [6, 6.07) is 15.5. The van der Waals surface area contributed by atoms with Crippen LogP contribution in [0.5, 0.6) is 0 Å². The van der Waals surface area contributed by atoms with Crippen molar-refractivity contribution in [1.82, 2.24) is 10.6 Å². The molecule has 0 spiro atoms. The highest BCUT2D eigenvalue weighted by Gasteiger charge is 2.37. The second-order valence-corrected chi connectivity index (χ2v) is 9.07. The first kappa shape index (κ1) is 25.4. The molecular formula is C26H27F3N4O3. The van der Waals surface area contributed by atoms with Crippen molar-refractivity contribution in [3.05, 3.63) is 65.7 Å². The van der Waals surface area contributed by atoms with Gasteiger partial charge in [-0.1, -0.05) is 48.5 Å². The van der Waals surface area contributed by atoms with Gasteiger partial charge in [0, 0.05) is 24.1 Å². The molecule has 3 amide bonds. The Hall–Kier alpha value is -3.69. The molecule has 2 atom stereocenters. The first-order valence-corrected chi connectivity index (χ1v) is 11.8. The number of fused-ring (bicyclic) bond motifs is 1. The van der Waals surface area contributed by atoms with Crippen LogP contribution >= 0.6 is 0 Å². The van der Waals surface area contributed by atoms with Crippen LogP contribution in [-0.4, -0.2) is 48.4 Å². The molecule has 1 aliphatic heterocycles. The molecule has 0 bridgehead atoms. The Labute approximate surface area is 206 Å². The highest BCUT2D eigenvalue weighted by Crippen LogP contribution is 2.35. The number of alkyl halides is 3. The van der Waals surface area contributed by atoms with Crippen molar-refractivity contribution in [2.75, 3.05) is 11.4 Å². The summed E-state index contributed by atoms with van der Waals surface area (Å²) in [5, 5.41) is 4.85. The number of carbonyl (C=O) groups excluding carboxylic acids is 3. The van der Waals surface area contributed by atoms with Gasteiger partial charge < -0.3 is 15.5 Å². The largest absolute Gasteiger partial charge is 0.389 e. The van der Waals surface area contributed by atoms with Crippen LogP contribution in [0.15, 0.2) is 59.6 Å². The molecular weight excluding hydrogens is 473 g/mol. The average Bonchev–Trinajstić information content (AvgIpc) is 3.68. The lowest BCUT2D eigenvalue weighted by Gasteiger charge is -2.26. The topological polar surface area (TPSA) is 90.9 Å². The summed E-state index contributed by atoms with van der Waals surface area (Å²) < 4.78 is 37.2. The van der Waals surface area contributed by atoms with Gasteiger partial charge in [0.15, 0.2) is 0 Å². The third kappa shape index (κ3) is 6.30. The van der Waals surface area contributed by atoms with Crippen LogP contribution in [0.3, 0.4) is 0 Å². The molecule has 10 heteroatoms. The Balaban J connectivity index is 1.60. The Morgan fingerprint density at radius 3 is 2.42 bits per heavy atom. The molecule has 36 heavy (non-hydrogen) atoms.